The molecule has 0 spiro atoms. The summed E-state index contributed by atoms with van der Waals surface area (Å²) in [6.45, 7) is 10.3. The van der Waals surface area contributed by atoms with Crippen LogP contribution in [0.5, 0.6) is 0 Å². The van der Waals surface area contributed by atoms with E-state index in [-0.39, 0.29) is 0 Å². The van der Waals surface area contributed by atoms with Gasteiger partial charge in [-0.2, -0.15) is 0 Å². The Hall–Kier alpha value is -0.0400. The molecule has 0 aromatic carbocycles. The number of unbranched alkanes of at least 4 members (excludes halogenated alkanes) is 1. The Morgan fingerprint density at radius 1 is 1.14 bits per heavy atom. The van der Waals surface area contributed by atoms with Gasteiger partial charge in [0.25, 0.3) is 0 Å². The van der Waals surface area contributed by atoms with E-state index in [4.69, 9.17) is 4.74 Å². The van der Waals surface area contributed by atoms with E-state index in [1.807, 2.05) is 0 Å². The van der Waals surface area contributed by atoms with Crippen LogP contribution in [0.15, 0.2) is 0 Å². The van der Waals surface area contributed by atoms with Crippen molar-refractivity contribution in [2.24, 2.45) is 11.3 Å². The van der Waals surface area contributed by atoms with E-state index in [0.717, 1.165) is 12.5 Å². The van der Waals surface area contributed by atoms with E-state index in [1.165, 1.54) is 32.1 Å². The van der Waals surface area contributed by atoms with Gasteiger partial charge in [0, 0.05) is 13.7 Å². The molecule has 0 heterocycles. The van der Waals surface area contributed by atoms with Crippen molar-refractivity contribution in [3.63, 3.8) is 0 Å². The molecule has 0 aliphatic carbocycles. The highest BCUT2D eigenvalue weighted by Crippen LogP contribution is 2.36. The van der Waals surface area contributed by atoms with Gasteiger partial charge in [-0.15, -0.1) is 0 Å². The van der Waals surface area contributed by atoms with Crippen molar-refractivity contribution in [2.75, 3.05) is 13.7 Å². The summed E-state index contributed by atoms with van der Waals surface area (Å²) >= 11 is 0. The fourth-order valence-corrected chi connectivity index (χ4v) is 1.93. The molecule has 0 rings (SSSR count). The predicted octanol–water partition coefficient (Wildman–Crippen LogP) is 4.27. The van der Waals surface area contributed by atoms with Gasteiger partial charge < -0.3 is 4.74 Å². The van der Waals surface area contributed by atoms with E-state index in [9.17, 15) is 0 Å². The number of ether oxygens (including phenoxy) is 1. The van der Waals surface area contributed by atoms with Crippen LogP contribution in [0.4, 0.5) is 0 Å². The van der Waals surface area contributed by atoms with Crippen molar-refractivity contribution >= 4 is 0 Å². The van der Waals surface area contributed by atoms with Crippen LogP contribution >= 0.6 is 0 Å². The van der Waals surface area contributed by atoms with Gasteiger partial charge >= 0.3 is 0 Å². The van der Waals surface area contributed by atoms with Gasteiger partial charge in [0.05, 0.1) is 0 Å². The van der Waals surface area contributed by atoms with Crippen LogP contribution in [0.1, 0.15) is 59.8 Å². The molecule has 0 radical (unpaired) electrons. The Morgan fingerprint density at radius 3 is 2.21 bits per heavy atom. The molecule has 14 heavy (non-hydrogen) atoms. The Labute approximate surface area is 90.2 Å². The van der Waals surface area contributed by atoms with Gasteiger partial charge in [-0.1, -0.05) is 47.0 Å². The number of rotatable bonds is 8. The quantitative estimate of drug-likeness (QED) is 0.568. The van der Waals surface area contributed by atoms with Crippen molar-refractivity contribution in [3.8, 4) is 0 Å². The van der Waals surface area contributed by atoms with E-state index >= 15 is 0 Å². The third-order valence-corrected chi connectivity index (χ3v) is 3.59. The fourth-order valence-electron chi connectivity index (χ4n) is 1.93. The van der Waals surface area contributed by atoms with Crippen LogP contribution in [0, 0.1) is 11.3 Å². The standard InChI is InChI=1S/C13H28O/c1-6-8-9-12(10-11-14-5)13(3,4)7-2/h12H,6-11H2,1-5H3/t12-/m0/s1. The zero-order valence-electron chi connectivity index (χ0n) is 10.7. The molecule has 1 heteroatoms. The predicted molar refractivity (Wildman–Crippen MR) is 63.6 cm³/mol. The molecular weight excluding hydrogens is 172 g/mol. The average Bonchev–Trinajstić information content (AvgIpc) is 2.17. The lowest BCUT2D eigenvalue weighted by Gasteiger charge is -2.33. The zero-order chi connectivity index (χ0) is 11.0. The maximum Gasteiger partial charge on any atom is 0.0465 e. The number of methoxy groups -OCH3 is 1. The second-order valence-electron chi connectivity index (χ2n) is 4.96. The van der Waals surface area contributed by atoms with Crippen molar-refractivity contribution in [2.45, 2.75) is 59.8 Å². The Kier molecular flexibility index (Phi) is 7.26. The lowest BCUT2D eigenvalue weighted by Crippen LogP contribution is -2.24. The topological polar surface area (TPSA) is 9.23 Å². The monoisotopic (exact) mass is 200 g/mol. The van der Waals surface area contributed by atoms with E-state index in [1.54, 1.807) is 7.11 Å². The zero-order valence-corrected chi connectivity index (χ0v) is 10.7. The second-order valence-corrected chi connectivity index (χ2v) is 4.96. The molecule has 0 fully saturated rings. The largest absolute Gasteiger partial charge is 0.385 e. The van der Waals surface area contributed by atoms with E-state index < -0.39 is 0 Å². The first-order valence-electron chi connectivity index (χ1n) is 6.07. The van der Waals surface area contributed by atoms with E-state index in [2.05, 4.69) is 27.7 Å². The number of hydrogen-bond acceptors (Lipinski definition) is 1. The van der Waals surface area contributed by atoms with Crippen LogP contribution in [0.2, 0.25) is 0 Å². The third kappa shape index (κ3) is 4.99. The van der Waals surface area contributed by atoms with Crippen molar-refractivity contribution < 1.29 is 4.74 Å². The maximum atomic E-state index is 5.19. The molecule has 0 aliphatic rings. The van der Waals surface area contributed by atoms with Crippen LogP contribution < -0.4 is 0 Å². The smallest absolute Gasteiger partial charge is 0.0465 e. The molecule has 0 saturated carbocycles. The summed E-state index contributed by atoms with van der Waals surface area (Å²) in [5.74, 6) is 0.826. The van der Waals surface area contributed by atoms with Crippen LogP contribution in [0.3, 0.4) is 0 Å². The summed E-state index contributed by atoms with van der Waals surface area (Å²) in [5.41, 5.74) is 0.480. The van der Waals surface area contributed by atoms with Crippen LogP contribution in [-0.4, -0.2) is 13.7 Å². The van der Waals surface area contributed by atoms with Crippen molar-refractivity contribution in [1.29, 1.82) is 0 Å². The van der Waals surface area contributed by atoms with Gasteiger partial charge in [0.15, 0.2) is 0 Å². The Morgan fingerprint density at radius 2 is 1.79 bits per heavy atom. The lowest BCUT2D eigenvalue weighted by molar-refractivity contribution is 0.116. The third-order valence-electron chi connectivity index (χ3n) is 3.59. The first kappa shape index (κ1) is 14.0. The van der Waals surface area contributed by atoms with Gasteiger partial charge in [-0.25, -0.2) is 0 Å². The molecule has 1 nitrogen and oxygen atoms in total. The SMILES string of the molecule is CCCC[C@@H](CCOC)C(C)(C)CC. The van der Waals surface area contributed by atoms with E-state index in [0.29, 0.717) is 5.41 Å². The maximum absolute atomic E-state index is 5.19. The molecule has 0 aromatic heterocycles. The minimum atomic E-state index is 0.480. The molecule has 0 bridgehead atoms. The lowest BCUT2D eigenvalue weighted by atomic mass is 9.73. The summed E-state index contributed by atoms with van der Waals surface area (Å²) < 4.78 is 5.19. The molecule has 0 aliphatic heterocycles. The van der Waals surface area contributed by atoms with Gasteiger partial charge in [0.1, 0.15) is 0 Å². The average molecular weight is 200 g/mol. The molecule has 0 aromatic rings. The van der Waals surface area contributed by atoms with Crippen LogP contribution in [0.25, 0.3) is 0 Å². The summed E-state index contributed by atoms with van der Waals surface area (Å²) in [7, 11) is 1.80. The highest BCUT2D eigenvalue weighted by Gasteiger charge is 2.26. The number of hydrogen-bond donors (Lipinski definition) is 0. The van der Waals surface area contributed by atoms with Crippen LogP contribution in [-0.2, 0) is 4.74 Å². The molecule has 0 unspecified atom stereocenters. The molecule has 0 N–H and O–H groups in total. The molecular formula is C13H28O. The second kappa shape index (κ2) is 7.28. The highest BCUT2D eigenvalue weighted by molar-refractivity contribution is 4.77. The molecule has 1 atom stereocenters. The normalized spacial score (nSPS) is 14.4. The van der Waals surface area contributed by atoms with Gasteiger partial charge in [-0.3, -0.25) is 0 Å². The van der Waals surface area contributed by atoms with Gasteiger partial charge in [-0.05, 0) is 24.2 Å². The summed E-state index contributed by atoms with van der Waals surface area (Å²) in [4.78, 5) is 0. The minimum absolute atomic E-state index is 0.480. The molecule has 0 amide bonds. The van der Waals surface area contributed by atoms with Gasteiger partial charge in [0.2, 0.25) is 0 Å². The fraction of sp³-hybridized carbons (Fsp3) is 1.00. The highest BCUT2D eigenvalue weighted by atomic mass is 16.5. The molecule has 0 saturated heterocycles. The minimum Gasteiger partial charge on any atom is -0.385 e. The first-order chi connectivity index (χ1) is 6.58. The summed E-state index contributed by atoms with van der Waals surface area (Å²) in [6, 6.07) is 0. The Balaban J connectivity index is 4.08. The first-order valence-corrected chi connectivity index (χ1v) is 6.07. The summed E-state index contributed by atoms with van der Waals surface area (Å²) in [5, 5.41) is 0. The Bertz CT molecular complexity index is 121. The summed E-state index contributed by atoms with van der Waals surface area (Å²) in [6.07, 6.45) is 6.52. The van der Waals surface area contributed by atoms with Crippen molar-refractivity contribution in [3.05, 3.63) is 0 Å². The van der Waals surface area contributed by atoms with Crippen molar-refractivity contribution in [1.82, 2.24) is 0 Å². The molecule has 86 valence electrons.